The average Bonchev–Trinajstić information content (AvgIpc) is 2.93. The quantitative estimate of drug-likeness (QED) is 0.867. The van der Waals surface area contributed by atoms with Gasteiger partial charge in [-0.25, -0.2) is 9.78 Å². The number of aryl methyl sites for hydroxylation is 2. The van der Waals surface area contributed by atoms with E-state index in [1.165, 1.54) is 22.8 Å². The van der Waals surface area contributed by atoms with Crippen LogP contribution in [0.5, 0.6) is 0 Å². The van der Waals surface area contributed by atoms with Gasteiger partial charge in [0.2, 0.25) is 5.91 Å². The SMILES string of the molecule is CCC(c1nc(C)c(C)s1)n1cc2c(c(C(=O)O)c1=O)CCN(C(C)=O)C2. The van der Waals surface area contributed by atoms with Gasteiger partial charge >= 0.3 is 5.97 Å². The number of thiazole rings is 1. The Labute approximate surface area is 161 Å². The summed E-state index contributed by atoms with van der Waals surface area (Å²) < 4.78 is 1.49. The molecule has 1 amide bonds. The van der Waals surface area contributed by atoms with E-state index in [0.717, 1.165) is 21.1 Å². The minimum absolute atomic E-state index is 0.0616. The van der Waals surface area contributed by atoms with Crippen molar-refractivity contribution >= 4 is 23.2 Å². The van der Waals surface area contributed by atoms with Crippen molar-refractivity contribution in [1.82, 2.24) is 14.5 Å². The molecule has 0 aromatic carbocycles. The summed E-state index contributed by atoms with van der Waals surface area (Å²) in [6.45, 7) is 8.09. The van der Waals surface area contributed by atoms with Crippen LogP contribution in [-0.2, 0) is 17.8 Å². The van der Waals surface area contributed by atoms with Crippen molar-refractivity contribution < 1.29 is 14.7 Å². The van der Waals surface area contributed by atoms with Crippen molar-refractivity contribution in [2.24, 2.45) is 0 Å². The van der Waals surface area contributed by atoms with Crippen molar-refractivity contribution in [2.75, 3.05) is 6.54 Å². The zero-order valence-corrected chi connectivity index (χ0v) is 16.7. The lowest BCUT2D eigenvalue weighted by atomic mass is 9.96. The highest BCUT2D eigenvalue weighted by Gasteiger charge is 2.29. The van der Waals surface area contributed by atoms with Gasteiger partial charge in [0.25, 0.3) is 5.56 Å². The van der Waals surface area contributed by atoms with E-state index in [1.54, 1.807) is 11.1 Å². The Bertz CT molecular complexity index is 957. The fourth-order valence-electron chi connectivity index (χ4n) is 3.53. The molecule has 2 aromatic heterocycles. The number of hydrogen-bond donors (Lipinski definition) is 1. The number of hydrogen-bond acceptors (Lipinski definition) is 5. The third kappa shape index (κ3) is 3.41. The van der Waals surface area contributed by atoms with Crippen molar-refractivity contribution in [3.8, 4) is 0 Å². The Kier molecular flexibility index (Phi) is 5.19. The highest BCUT2D eigenvalue weighted by molar-refractivity contribution is 7.11. The maximum atomic E-state index is 13.0. The number of carboxylic acid groups (broad SMARTS) is 1. The van der Waals surface area contributed by atoms with Gasteiger partial charge in [-0.1, -0.05) is 6.92 Å². The molecule has 0 aliphatic carbocycles. The molecule has 0 radical (unpaired) electrons. The van der Waals surface area contributed by atoms with Gasteiger partial charge in [-0.2, -0.15) is 0 Å². The van der Waals surface area contributed by atoms with E-state index in [1.807, 2.05) is 20.8 Å². The van der Waals surface area contributed by atoms with Crippen LogP contribution in [0.2, 0.25) is 0 Å². The number of nitrogens with zero attached hydrogens (tertiary/aromatic N) is 3. The molecule has 3 rings (SSSR count). The lowest BCUT2D eigenvalue weighted by Gasteiger charge is -2.30. The third-order valence-corrected chi connectivity index (χ3v) is 6.31. The summed E-state index contributed by atoms with van der Waals surface area (Å²) >= 11 is 1.52. The van der Waals surface area contributed by atoms with Gasteiger partial charge in [0.15, 0.2) is 0 Å². The van der Waals surface area contributed by atoms with E-state index in [2.05, 4.69) is 4.98 Å². The highest BCUT2D eigenvalue weighted by atomic mass is 32.1. The molecule has 1 aliphatic rings. The molecule has 1 aliphatic heterocycles. The molecule has 144 valence electrons. The van der Waals surface area contributed by atoms with Crippen molar-refractivity contribution in [3.63, 3.8) is 0 Å². The van der Waals surface area contributed by atoms with Gasteiger partial charge in [0.05, 0.1) is 11.7 Å². The number of amides is 1. The smallest absolute Gasteiger partial charge is 0.341 e. The number of aromatic carboxylic acids is 1. The predicted molar refractivity (Wildman–Crippen MR) is 102 cm³/mol. The topological polar surface area (TPSA) is 92.5 Å². The summed E-state index contributed by atoms with van der Waals surface area (Å²) in [5, 5.41) is 10.5. The molecular weight excluding hydrogens is 366 g/mol. The minimum atomic E-state index is -1.22. The molecule has 0 bridgehead atoms. The summed E-state index contributed by atoms with van der Waals surface area (Å²) in [5.41, 5.74) is 1.49. The molecule has 0 saturated carbocycles. The molecule has 1 N–H and O–H groups in total. The summed E-state index contributed by atoms with van der Waals surface area (Å²) in [6, 6.07) is -0.328. The van der Waals surface area contributed by atoms with Gasteiger partial charge in [0, 0.05) is 31.1 Å². The van der Waals surface area contributed by atoms with E-state index >= 15 is 0 Å². The van der Waals surface area contributed by atoms with Gasteiger partial charge < -0.3 is 14.6 Å². The van der Waals surface area contributed by atoms with Gasteiger partial charge in [-0.3, -0.25) is 9.59 Å². The number of pyridine rings is 1. The van der Waals surface area contributed by atoms with E-state index in [-0.39, 0.29) is 17.5 Å². The van der Waals surface area contributed by atoms with Crippen molar-refractivity contribution in [2.45, 2.75) is 53.1 Å². The van der Waals surface area contributed by atoms with Gasteiger partial charge in [-0.15, -0.1) is 11.3 Å². The van der Waals surface area contributed by atoms with Crippen LogP contribution in [-0.4, -0.2) is 38.0 Å². The average molecular weight is 389 g/mol. The van der Waals surface area contributed by atoms with Crippen LogP contribution in [0.3, 0.4) is 0 Å². The Hall–Kier alpha value is -2.48. The number of carbonyl (C=O) groups excluding carboxylic acids is 1. The Morgan fingerprint density at radius 1 is 1.37 bits per heavy atom. The first-order chi connectivity index (χ1) is 12.7. The van der Waals surface area contributed by atoms with Gasteiger partial charge in [0.1, 0.15) is 10.6 Å². The van der Waals surface area contributed by atoms with Crippen molar-refractivity contribution in [1.29, 1.82) is 0 Å². The summed E-state index contributed by atoms with van der Waals surface area (Å²) in [4.78, 5) is 44.0. The largest absolute Gasteiger partial charge is 0.477 e. The molecule has 2 aromatic rings. The number of aromatic nitrogens is 2. The van der Waals surface area contributed by atoms with E-state index in [0.29, 0.717) is 31.5 Å². The first-order valence-electron chi connectivity index (χ1n) is 8.94. The lowest BCUT2D eigenvalue weighted by molar-refractivity contribution is -0.129. The second-order valence-electron chi connectivity index (χ2n) is 6.83. The first kappa shape index (κ1) is 19.3. The highest BCUT2D eigenvalue weighted by Crippen LogP contribution is 2.29. The predicted octanol–water partition coefficient (Wildman–Crippen LogP) is 2.52. The first-order valence-corrected chi connectivity index (χ1v) is 9.75. The molecule has 3 heterocycles. The van der Waals surface area contributed by atoms with E-state index in [4.69, 9.17) is 0 Å². The number of carboxylic acids is 1. The molecule has 0 fully saturated rings. The van der Waals surface area contributed by atoms with E-state index < -0.39 is 11.5 Å². The van der Waals surface area contributed by atoms with Crippen molar-refractivity contribution in [3.05, 3.63) is 48.8 Å². The maximum absolute atomic E-state index is 13.0. The van der Waals surface area contributed by atoms with E-state index in [9.17, 15) is 19.5 Å². The zero-order valence-electron chi connectivity index (χ0n) is 15.9. The third-order valence-electron chi connectivity index (χ3n) is 5.14. The molecule has 8 heteroatoms. The monoisotopic (exact) mass is 389 g/mol. The Morgan fingerprint density at radius 2 is 2.07 bits per heavy atom. The normalized spacial score (nSPS) is 14.7. The minimum Gasteiger partial charge on any atom is -0.477 e. The molecule has 1 unspecified atom stereocenters. The summed E-state index contributed by atoms with van der Waals surface area (Å²) in [5.74, 6) is -1.28. The summed E-state index contributed by atoms with van der Waals surface area (Å²) in [7, 11) is 0. The molecular formula is C19H23N3O4S. The molecule has 27 heavy (non-hydrogen) atoms. The van der Waals surface area contributed by atoms with Crippen LogP contribution in [0.25, 0.3) is 0 Å². The molecule has 0 saturated heterocycles. The summed E-state index contributed by atoms with van der Waals surface area (Å²) in [6.07, 6.45) is 2.71. The Balaban J connectivity index is 2.19. The molecule has 7 nitrogen and oxygen atoms in total. The fraction of sp³-hybridized carbons (Fsp3) is 0.474. The Morgan fingerprint density at radius 3 is 2.59 bits per heavy atom. The number of rotatable bonds is 4. The van der Waals surface area contributed by atoms with Crippen LogP contribution in [0.4, 0.5) is 0 Å². The fourth-order valence-corrected chi connectivity index (χ4v) is 4.63. The van der Waals surface area contributed by atoms with Crippen LogP contribution in [0.15, 0.2) is 11.0 Å². The standard InChI is InChI=1S/C19H23N3O4S/c1-5-15(17-20-10(2)11(3)27-17)22-9-13-8-21(12(4)23)7-6-14(13)16(18(22)24)19(25)26/h9,15H,5-8H2,1-4H3,(H,25,26). The number of carbonyl (C=O) groups is 2. The van der Waals surface area contributed by atoms with Crippen LogP contribution >= 0.6 is 11.3 Å². The van der Waals surface area contributed by atoms with Crippen LogP contribution in [0.1, 0.15) is 63.4 Å². The van der Waals surface area contributed by atoms with Crippen LogP contribution in [0, 0.1) is 13.8 Å². The molecule has 1 atom stereocenters. The molecule has 0 spiro atoms. The second kappa shape index (κ2) is 7.26. The van der Waals surface area contributed by atoms with Gasteiger partial charge in [-0.05, 0) is 37.8 Å². The lowest BCUT2D eigenvalue weighted by Crippen LogP contribution is -2.39. The van der Waals surface area contributed by atoms with Crippen LogP contribution < -0.4 is 5.56 Å². The zero-order chi connectivity index (χ0) is 19.9. The maximum Gasteiger partial charge on any atom is 0.341 e. The number of fused-ring (bicyclic) bond motifs is 1. The second-order valence-corrected chi connectivity index (χ2v) is 8.07.